The first-order valence-electron chi connectivity index (χ1n) is 9.01. The number of amides is 2. The van der Waals surface area contributed by atoms with Gasteiger partial charge < -0.3 is 19.2 Å². The lowest BCUT2D eigenvalue weighted by atomic mass is 9.99. The number of nitrogens with zero attached hydrogens (tertiary/aromatic N) is 5. The number of carbonyl (C=O) groups is 1. The van der Waals surface area contributed by atoms with Crippen LogP contribution in [0, 0.1) is 0 Å². The third-order valence-corrected chi connectivity index (χ3v) is 5.26. The van der Waals surface area contributed by atoms with Crippen LogP contribution in [0.15, 0.2) is 47.5 Å². The van der Waals surface area contributed by atoms with Gasteiger partial charge in [0, 0.05) is 29.7 Å². The molecule has 0 saturated heterocycles. The standard InChI is InChI=1S/C19H19N7O2/c1-19(2)17-24-20-11-25(17)6-7-26(19)18(27)21-13-3-4-15-14(9-13)16(23-22-15)12-5-8-28-10-12/h3-5,8-11H,6-7H2,1-2H3,(H,21,27)(H,22,23). The van der Waals surface area contributed by atoms with Gasteiger partial charge in [-0.1, -0.05) is 0 Å². The molecule has 0 spiro atoms. The summed E-state index contributed by atoms with van der Waals surface area (Å²) in [5.74, 6) is 0.779. The molecule has 1 aromatic carbocycles. The van der Waals surface area contributed by atoms with Crippen molar-refractivity contribution in [1.82, 2.24) is 29.9 Å². The van der Waals surface area contributed by atoms with E-state index in [2.05, 4.69) is 25.7 Å². The van der Waals surface area contributed by atoms with Gasteiger partial charge in [0.2, 0.25) is 0 Å². The van der Waals surface area contributed by atoms with E-state index in [-0.39, 0.29) is 6.03 Å². The van der Waals surface area contributed by atoms with Crippen LogP contribution in [-0.2, 0) is 12.1 Å². The first kappa shape index (κ1) is 16.5. The summed E-state index contributed by atoms with van der Waals surface area (Å²) in [6.07, 6.45) is 4.96. The maximum absolute atomic E-state index is 13.0. The van der Waals surface area contributed by atoms with Crippen LogP contribution < -0.4 is 5.32 Å². The Hall–Kier alpha value is -3.62. The number of H-pyrrole nitrogens is 1. The van der Waals surface area contributed by atoms with Crippen molar-refractivity contribution in [1.29, 1.82) is 0 Å². The number of nitrogens with one attached hydrogen (secondary N) is 2. The highest BCUT2D eigenvalue weighted by molar-refractivity contribution is 5.98. The van der Waals surface area contributed by atoms with E-state index in [0.29, 0.717) is 18.8 Å². The Morgan fingerprint density at radius 2 is 2.18 bits per heavy atom. The predicted molar refractivity (Wildman–Crippen MR) is 103 cm³/mol. The van der Waals surface area contributed by atoms with Crippen molar-refractivity contribution in [2.75, 3.05) is 11.9 Å². The van der Waals surface area contributed by atoms with Crippen molar-refractivity contribution in [3.05, 3.63) is 48.9 Å². The fourth-order valence-corrected chi connectivity index (χ4v) is 3.76. The summed E-state index contributed by atoms with van der Waals surface area (Å²) in [6, 6.07) is 7.36. The Morgan fingerprint density at radius 1 is 1.29 bits per heavy atom. The molecular weight excluding hydrogens is 358 g/mol. The highest BCUT2D eigenvalue weighted by atomic mass is 16.3. The SMILES string of the molecule is CC1(C)c2nncn2CCN1C(=O)Nc1ccc2[nH]nc(-c3ccoc3)c2c1. The van der Waals surface area contributed by atoms with Crippen molar-refractivity contribution >= 4 is 22.6 Å². The van der Waals surface area contributed by atoms with Crippen LogP contribution in [0.5, 0.6) is 0 Å². The molecule has 0 bridgehead atoms. The summed E-state index contributed by atoms with van der Waals surface area (Å²) in [5, 5.41) is 19.5. The summed E-state index contributed by atoms with van der Waals surface area (Å²) in [7, 11) is 0. The summed E-state index contributed by atoms with van der Waals surface area (Å²) in [5.41, 5.74) is 2.70. The number of urea groups is 1. The molecular formula is C19H19N7O2. The maximum atomic E-state index is 13.0. The van der Waals surface area contributed by atoms with Crippen LogP contribution in [0.3, 0.4) is 0 Å². The van der Waals surface area contributed by atoms with Crippen molar-refractivity contribution in [2.24, 2.45) is 0 Å². The first-order valence-corrected chi connectivity index (χ1v) is 9.01. The van der Waals surface area contributed by atoms with E-state index in [0.717, 1.165) is 28.0 Å². The fraction of sp³-hybridized carbons (Fsp3) is 0.263. The molecule has 28 heavy (non-hydrogen) atoms. The average Bonchev–Trinajstić information content (AvgIpc) is 3.41. The minimum atomic E-state index is -0.555. The highest BCUT2D eigenvalue weighted by Crippen LogP contribution is 2.32. The minimum absolute atomic E-state index is 0.174. The Bertz CT molecular complexity index is 1160. The fourth-order valence-electron chi connectivity index (χ4n) is 3.76. The van der Waals surface area contributed by atoms with E-state index in [4.69, 9.17) is 4.42 Å². The Morgan fingerprint density at radius 3 is 3.00 bits per heavy atom. The second-order valence-electron chi connectivity index (χ2n) is 7.33. The molecule has 0 saturated carbocycles. The second kappa shape index (κ2) is 5.95. The van der Waals surface area contributed by atoms with Gasteiger partial charge in [0.1, 0.15) is 12.0 Å². The lowest BCUT2D eigenvalue weighted by molar-refractivity contribution is 0.113. The van der Waals surface area contributed by atoms with Crippen LogP contribution in [0.4, 0.5) is 10.5 Å². The molecule has 0 aliphatic carbocycles. The normalized spacial score (nSPS) is 15.6. The number of aromatic nitrogens is 5. The van der Waals surface area contributed by atoms with Crippen LogP contribution in [0.1, 0.15) is 19.7 Å². The third kappa shape index (κ3) is 2.47. The van der Waals surface area contributed by atoms with Gasteiger partial charge in [-0.2, -0.15) is 5.10 Å². The van der Waals surface area contributed by atoms with Crippen molar-refractivity contribution in [2.45, 2.75) is 25.9 Å². The van der Waals surface area contributed by atoms with Crippen LogP contribution in [0.25, 0.3) is 22.2 Å². The molecule has 0 unspecified atom stereocenters. The molecule has 9 heteroatoms. The van der Waals surface area contributed by atoms with E-state index in [1.165, 1.54) is 0 Å². The van der Waals surface area contributed by atoms with Crippen LogP contribution in [-0.4, -0.2) is 42.4 Å². The van der Waals surface area contributed by atoms with E-state index in [1.807, 2.05) is 42.7 Å². The number of rotatable bonds is 2. The molecule has 2 N–H and O–H groups in total. The molecule has 2 amide bonds. The zero-order chi connectivity index (χ0) is 19.3. The largest absolute Gasteiger partial charge is 0.472 e. The quantitative estimate of drug-likeness (QED) is 0.558. The van der Waals surface area contributed by atoms with Crippen LogP contribution in [0.2, 0.25) is 0 Å². The van der Waals surface area contributed by atoms with Gasteiger partial charge in [-0.15, -0.1) is 10.2 Å². The Labute approximate surface area is 160 Å². The van der Waals surface area contributed by atoms with Crippen molar-refractivity contribution < 1.29 is 9.21 Å². The molecule has 0 radical (unpaired) electrons. The lowest BCUT2D eigenvalue weighted by Crippen LogP contribution is -2.53. The Balaban J connectivity index is 1.44. The van der Waals surface area contributed by atoms with Crippen molar-refractivity contribution in [3.8, 4) is 11.3 Å². The lowest BCUT2D eigenvalue weighted by Gasteiger charge is -2.41. The molecule has 0 fully saturated rings. The molecule has 4 heterocycles. The third-order valence-electron chi connectivity index (χ3n) is 5.26. The number of anilines is 1. The van der Waals surface area contributed by atoms with E-state index >= 15 is 0 Å². The first-order chi connectivity index (χ1) is 13.5. The summed E-state index contributed by atoms with van der Waals surface area (Å²) < 4.78 is 7.15. The van der Waals surface area contributed by atoms with E-state index in [9.17, 15) is 4.79 Å². The second-order valence-corrected chi connectivity index (χ2v) is 7.33. The van der Waals surface area contributed by atoms with Gasteiger partial charge in [-0.3, -0.25) is 5.10 Å². The highest BCUT2D eigenvalue weighted by Gasteiger charge is 2.39. The number of fused-ring (bicyclic) bond motifs is 2. The summed E-state index contributed by atoms with van der Waals surface area (Å²) >= 11 is 0. The predicted octanol–water partition coefficient (Wildman–Crippen LogP) is 3.20. The number of aromatic amines is 1. The number of carbonyl (C=O) groups excluding carboxylic acids is 1. The van der Waals surface area contributed by atoms with Crippen LogP contribution >= 0.6 is 0 Å². The summed E-state index contributed by atoms with van der Waals surface area (Å²) in [6.45, 7) is 5.20. The topological polar surface area (TPSA) is 105 Å². The van der Waals surface area contributed by atoms with Gasteiger partial charge in [0.15, 0.2) is 5.82 Å². The number of hydrogen-bond acceptors (Lipinski definition) is 5. The molecule has 0 atom stereocenters. The summed E-state index contributed by atoms with van der Waals surface area (Å²) in [4.78, 5) is 14.8. The zero-order valence-electron chi connectivity index (χ0n) is 15.5. The minimum Gasteiger partial charge on any atom is -0.472 e. The maximum Gasteiger partial charge on any atom is 0.322 e. The molecule has 9 nitrogen and oxygen atoms in total. The monoisotopic (exact) mass is 377 g/mol. The van der Waals surface area contributed by atoms with Crippen molar-refractivity contribution in [3.63, 3.8) is 0 Å². The smallest absolute Gasteiger partial charge is 0.322 e. The number of hydrogen-bond donors (Lipinski definition) is 2. The van der Waals surface area contributed by atoms with Gasteiger partial charge in [0.25, 0.3) is 0 Å². The van der Waals surface area contributed by atoms with Gasteiger partial charge in [-0.25, -0.2) is 4.79 Å². The molecule has 5 rings (SSSR count). The van der Waals surface area contributed by atoms with E-state index in [1.54, 1.807) is 23.8 Å². The zero-order valence-corrected chi connectivity index (χ0v) is 15.5. The number of benzene rings is 1. The average molecular weight is 377 g/mol. The number of furan rings is 1. The molecule has 142 valence electrons. The molecule has 3 aromatic heterocycles. The van der Waals surface area contributed by atoms with Gasteiger partial charge in [0.05, 0.1) is 23.6 Å². The van der Waals surface area contributed by atoms with E-state index < -0.39 is 5.54 Å². The van der Waals surface area contributed by atoms with Gasteiger partial charge >= 0.3 is 6.03 Å². The van der Waals surface area contributed by atoms with Gasteiger partial charge in [-0.05, 0) is 38.1 Å². The molecule has 4 aromatic rings. The molecule has 1 aliphatic heterocycles. The Kier molecular flexibility index (Phi) is 3.51. The molecule has 1 aliphatic rings.